The topological polar surface area (TPSA) is 54.0 Å². The van der Waals surface area contributed by atoms with Crippen LogP contribution in [0.5, 0.6) is 0 Å². The van der Waals surface area contributed by atoms with E-state index in [1.165, 1.54) is 0 Å². The molecular weight excluding hydrogens is 238 g/mol. The predicted octanol–water partition coefficient (Wildman–Crippen LogP) is 2.91. The molecule has 2 heterocycles. The Bertz CT molecular complexity index is 443. The Kier molecular flexibility index (Phi) is 3.24. The summed E-state index contributed by atoms with van der Waals surface area (Å²) in [6, 6.07) is 1.72. The third-order valence-electron chi connectivity index (χ3n) is 3.53. The summed E-state index contributed by atoms with van der Waals surface area (Å²) in [5.41, 5.74) is 0.291. The minimum Gasteiger partial charge on any atom is -0.367 e. The second-order valence-electron chi connectivity index (χ2n) is 4.34. The lowest BCUT2D eigenvalue weighted by molar-refractivity contribution is -0.125. The second-order valence-corrected chi connectivity index (χ2v) is 4.78. The molecule has 0 atom stereocenters. The average molecular weight is 254 g/mol. The molecule has 1 aromatic heterocycles. The molecule has 0 aromatic carbocycles. The van der Waals surface area contributed by atoms with Crippen LogP contribution in [0, 0.1) is 5.41 Å². The summed E-state index contributed by atoms with van der Waals surface area (Å²) >= 11 is 5.87. The lowest BCUT2D eigenvalue weighted by atomic mass is 9.81. The number of carbonyl (C=O) groups is 1. The van der Waals surface area contributed by atoms with Gasteiger partial charge in [-0.25, -0.2) is 4.98 Å². The molecule has 2 N–H and O–H groups in total. The third-order valence-corrected chi connectivity index (χ3v) is 3.74. The molecular formula is C12H16ClN3O. The summed E-state index contributed by atoms with van der Waals surface area (Å²) in [7, 11) is 0. The molecule has 92 valence electrons. The first-order valence-electron chi connectivity index (χ1n) is 5.82. The van der Waals surface area contributed by atoms with Gasteiger partial charge in [0.15, 0.2) is 0 Å². The number of hydrogen-bond donors (Lipinski definition) is 2. The monoisotopic (exact) mass is 253 g/mol. The molecule has 0 saturated heterocycles. The lowest BCUT2D eigenvalue weighted by Gasteiger charge is -2.27. The molecule has 5 heteroatoms. The van der Waals surface area contributed by atoms with Crippen molar-refractivity contribution in [2.24, 2.45) is 5.41 Å². The molecule has 0 fully saturated rings. The first-order chi connectivity index (χ1) is 8.11. The number of nitrogens with zero attached hydrogens (tertiary/aromatic N) is 1. The highest BCUT2D eigenvalue weighted by Gasteiger charge is 2.37. The van der Waals surface area contributed by atoms with Gasteiger partial charge in [0.1, 0.15) is 5.82 Å². The number of pyridine rings is 1. The van der Waals surface area contributed by atoms with Gasteiger partial charge in [-0.3, -0.25) is 4.79 Å². The molecule has 2 rings (SSSR count). The summed E-state index contributed by atoms with van der Waals surface area (Å²) < 4.78 is 0. The summed E-state index contributed by atoms with van der Waals surface area (Å²) in [5.74, 6) is 0.726. The smallest absolute Gasteiger partial charge is 0.232 e. The first kappa shape index (κ1) is 12.2. The molecule has 4 nitrogen and oxygen atoms in total. The van der Waals surface area contributed by atoms with Crippen LogP contribution in [0.4, 0.5) is 11.5 Å². The van der Waals surface area contributed by atoms with E-state index in [4.69, 9.17) is 11.6 Å². The van der Waals surface area contributed by atoms with Crippen LogP contribution in [0.25, 0.3) is 0 Å². The Morgan fingerprint density at radius 1 is 1.47 bits per heavy atom. The normalized spacial score (nSPS) is 17.7. The van der Waals surface area contributed by atoms with Crippen LogP contribution in [-0.4, -0.2) is 17.4 Å². The number of hydrogen-bond acceptors (Lipinski definition) is 3. The number of amides is 1. The SMILES string of the molecule is CCC1(CC)CNc2ncc(Cl)cc2NC1=O. The van der Waals surface area contributed by atoms with Crippen LogP contribution in [0.3, 0.4) is 0 Å². The van der Waals surface area contributed by atoms with Gasteiger partial charge in [0, 0.05) is 12.7 Å². The van der Waals surface area contributed by atoms with Crippen molar-refractivity contribution in [2.45, 2.75) is 26.7 Å². The van der Waals surface area contributed by atoms with Crippen LogP contribution in [0.2, 0.25) is 5.02 Å². The average Bonchev–Trinajstić information content (AvgIpc) is 2.45. The van der Waals surface area contributed by atoms with Crippen molar-refractivity contribution in [1.82, 2.24) is 4.98 Å². The number of anilines is 2. The van der Waals surface area contributed by atoms with Gasteiger partial charge in [-0.05, 0) is 18.9 Å². The van der Waals surface area contributed by atoms with Gasteiger partial charge in [-0.15, -0.1) is 0 Å². The molecule has 0 aliphatic carbocycles. The fourth-order valence-electron chi connectivity index (χ4n) is 2.08. The van der Waals surface area contributed by atoms with Crippen molar-refractivity contribution < 1.29 is 4.79 Å². The van der Waals surface area contributed by atoms with Crippen LogP contribution in [-0.2, 0) is 4.79 Å². The van der Waals surface area contributed by atoms with E-state index in [0.717, 1.165) is 12.8 Å². The number of halogens is 1. The zero-order chi connectivity index (χ0) is 12.5. The third kappa shape index (κ3) is 2.09. The van der Waals surface area contributed by atoms with Crippen LogP contribution in [0.1, 0.15) is 26.7 Å². The zero-order valence-electron chi connectivity index (χ0n) is 10.0. The molecule has 1 amide bonds. The molecule has 0 unspecified atom stereocenters. The molecule has 0 bridgehead atoms. The Morgan fingerprint density at radius 2 is 2.18 bits per heavy atom. The lowest BCUT2D eigenvalue weighted by Crippen LogP contribution is -2.39. The van der Waals surface area contributed by atoms with Crippen molar-refractivity contribution in [1.29, 1.82) is 0 Å². The number of rotatable bonds is 2. The van der Waals surface area contributed by atoms with Gasteiger partial charge in [0.05, 0.1) is 16.1 Å². The largest absolute Gasteiger partial charge is 0.367 e. The molecule has 1 aromatic rings. The summed E-state index contributed by atoms with van der Waals surface area (Å²) in [6.45, 7) is 4.66. The van der Waals surface area contributed by atoms with E-state index in [0.29, 0.717) is 23.1 Å². The molecule has 1 aliphatic rings. The van der Waals surface area contributed by atoms with Crippen LogP contribution >= 0.6 is 11.6 Å². The quantitative estimate of drug-likeness (QED) is 0.852. The number of fused-ring (bicyclic) bond motifs is 1. The fraction of sp³-hybridized carbons (Fsp3) is 0.500. The summed E-state index contributed by atoms with van der Waals surface area (Å²) in [6.07, 6.45) is 3.17. The van der Waals surface area contributed by atoms with Crippen molar-refractivity contribution >= 4 is 29.0 Å². The highest BCUT2D eigenvalue weighted by molar-refractivity contribution is 6.31. The van der Waals surface area contributed by atoms with E-state index in [-0.39, 0.29) is 11.3 Å². The Balaban J connectivity index is 2.37. The van der Waals surface area contributed by atoms with Gasteiger partial charge in [-0.1, -0.05) is 25.4 Å². The second kappa shape index (κ2) is 4.53. The molecule has 1 aliphatic heterocycles. The van der Waals surface area contributed by atoms with Gasteiger partial charge >= 0.3 is 0 Å². The van der Waals surface area contributed by atoms with E-state index >= 15 is 0 Å². The highest BCUT2D eigenvalue weighted by Crippen LogP contribution is 2.34. The van der Waals surface area contributed by atoms with E-state index < -0.39 is 0 Å². The Morgan fingerprint density at radius 3 is 2.82 bits per heavy atom. The van der Waals surface area contributed by atoms with Gasteiger partial charge in [0.2, 0.25) is 5.91 Å². The maximum atomic E-state index is 12.3. The Hall–Kier alpha value is -1.29. The van der Waals surface area contributed by atoms with E-state index in [1.54, 1.807) is 12.3 Å². The van der Waals surface area contributed by atoms with Gasteiger partial charge in [0.25, 0.3) is 0 Å². The van der Waals surface area contributed by atoms with Gasteiger partial charge in [-0.2, -0.15) is 0 Å². The molecule has 0 spiro atoms. The maximum Gasteiger partial charge on any atom is 0.232 e. The minimum absolute atomic E-state index is 0.0396. The molecule has 0 saturated carbocycles. The molecule has 17 heavy (non-hydrogen) atoms. The van der Waals surface area contributed by atoms with E-state index in [1.807, 2.05) is 13.8 Å². The van der Waals surface area contributed by atoms with Gasteiger partial charge < -0.3 is 10.6 Å². The van der Waals surface area contributed by atoms with Crippen molar-refractivity contribution in [3.05, 3.63) is 17.3 Å². The fourth-order valence-corrected chi connectivity index (χ4v) is 2.24. The number of aromatic nitrogens is 1. The first-order valence-corrected chi connectivity index (χ1v) is 6.20. The zero-order valence-corrected chi connectivity index (χ0v) is 10.8. The minimum atomic E-state index is -0.368. The Labute approximate surface area is 106 Å². The van der Waals surface area contributed by atoms with E-state index in [2.05, 4.69) is 15.6 Å². The van der Waals surface area contributed by atoms with Crippen LogP contribution in [0.15, 0.2) is 12.3 Å². The summed E-state index contributed by atoms with van der Waals surface area (Å²) in [5, 5.41) is 6.65. The molecule has 0 radical (unpaired) electrons. The van der Waals surface area contributed by atoms with Crippen molar-refractivity contribution in [3.8, 4) is 0 Å². The number of nitrogens with one attached hydrogen (secondary N) is 2. The van der Waals surface area contributed by atoms with Crippen molar-refractivity contribution in [3.63, 3.8) is 0 Å². The predicted molar refractivity (Wildman–Crippen MR) is 69.4 cm³/mol. The van der Waals surface area contributed by atoms with Crippen LogP contribution < -0.4 is 10.6 Å². The maximum absolute atomic E-state index is 12.3. The standard InChI is InChI=1S/C12H16ClN3O/c1-3-12(4-2)7-15-10-9(16-11(12)17)5-8(13)6-14-10/h5-6H,3-4,7H2,1-2H3,(H,14,15)(H,16,17). The highest BCUT2D eigenvalue weighted by atomic mass is 35.5. The number of carbonyl (C=O) groups excluding carboxylic acids is 1. The summed E-state index contributed by atoms with van der Waals surface area (Å²) in [4.78, 5) is 16.4. The van der Waals surface area contributed by atoms with E-state index in [9.17, 15) is 4.79 Å². The van der Waals surface area contributed by atoms with Crippen molar-refractivity contribution in [2.75, 3.05) is 17.2 Å².